The highest BCUT2D eigenvalue weighted by molar-refractivity contribution is 9.10. The molecule has 8 heteroatoms. The van der Waals surface area contributed by atoms with E-state index in [4.69, 9.17) is 5.73 Å². The lowest BCUT2D eigenvalue weighted by Gasteiger charge is -2.32. The molecule has 1 aliphatic heterocycles. The number of hydrogen-bond acceptors (Lipinski definition) is 3. The normalized spacial score (nSPS) is 20.1. The van der Waals surface area contributed by atoms with Gasteiger partial charge in [0.25, 0.3) is 0 Å². The number of benzene rings is 1. The van der Waals surface area contributed by atoms with Crippen LogP contribution in [0.4, 0.5) is 17.6 Å². The van der Waals surface area contributed by atoms with Gasteiger partial charge < -0.3 is 15.2 Å². The summed E-state index contributed by atoms with van der Waals surface area (Å²) < 4.78 is 59.7. The molecule has 1 aromatic carbocycles. The molecule has 0 bridgehead atoms. The average Bonchev–Trinajstić information content (AvgIpc) is 2.19. The molecule has 0 spiro atoms. The molecule has 0 radical (unpaired) electrons. The lowest BCUT2D eigenvalue weighted by Crippen LogP contribution is -2.52. The topological polar surface area (TPSA) is 44.5 Å². The van der Waals surface area contributed by atoms with Crippen LogP contribution in [0.25, 0.3) is 0 Å². The Morgan fingerprint density at radius 2 is 1.53 bits per heavy atom. The van der Waals surface area contributed by atoms with Crippen LogP contribution in [0, 0.1) is 0 Å². The molecule has 94 valence electrons. The standard InChI is InChI=1S/C9H6BrF4NO2/c10-5-2-7-6(1-4(5)3-15)16-8(11,12)9(13,14)17-7/h1-2H,3,15H2. The van der Waals surface area contributed by atoms with Gasteiger partial charge in [-0.3, -0.25) is 0 Å². The van der Waals surface area contributed by atoms with E-state index in [2.05, 4.69) is 25.4 Å². The van der Waals surface area contributed by atoms with E-state index in [9.17, 15) is 17.6 Å². The van der Waals surface area contributed by atoms with E-state index in [1.54, 1.807) is 0 Å². The van der Waals surface area contributed by atoms with Gasteiger partial charge >= 0.3 is 12.2 Å². The van der Waals surface area contributed by atoms with Gasteiger partial charge in [0, 0.05) is 11.0 Å². The summed E-state index contributed by atoms with van der Waals surface area (Å²) in [6, 6.07) is 2.24. The van der Waals surface area contributed by atoms with Crippen molar-refractivity contribution in [3.8, 4) is 11.5 Å². The summed E-state index contributed by atoms with van der Waals surface area (Å²) in [7, 11) is 0. The minimum Gasteiger partial charge on any atom is -0.421 e. The number of fused-ring (bicyclic) bond motifs is 1. The van der Waals surface area contributed by atoms with Gasteiger partial charge in [0.2, 0.25) is 0 Å². The molecule has 0 atom stereocenters. The fourth-order valence-electron chi connectivity index (χ4n) is 1.29. The van der Waals surface area contributed by atoms with Crippen LogP contribution in [0.3, 0.4) is 0 Å². The van der Waals surface area contributed by atoms with Gasteiger partial charge in [-0.2, -0.15) is 17.6 Å². The highest BCUT2D eigenvalue weighted by atomic mass is 79.9. The molecule has 0 unspecified atom stereocenters. The van der Waals surface area contributed by atoms with Gasteiger partial charge in [-0.1, -0.05) is 15.9 Å². The van der Waals surface area contributed by atoms with Crippen LogP contribution in [0.1, 0.15) is 5.56 Å². The van der Waals surface area contributed by atoms with Crippen LogP contribution in [-0.4, -0.2) is 12.2 Å². The number of alkyl halides is 4. The molecule has 0 saturated carbocycles. The number of halogens is 5. The number of rotatable bonds is 1. The molecular weight excluding hydrogens is 310 g/mol. The zero-order valence-electron chi connectivity index (χ0n) is 8.15. The first-order valence-electron chi connectivity index (χ1n) is 4.43. The van der Waals surface area contributed by atoms with Crippen LogP contribution >= 0.6 is 15.9 Å². The van der Waals surface area contributed by atoms with Crippen LogP contribution < -0.4 is 15.2 Å². The molecule has 1 heterocycles. The summed E-state index contributed by atoms with van der Waals surface area (Å²) in [4.78, 5) is 0. The van der Waals surface area contributed by atoms with Gasteiger partial charge in [-0.05, 0) is 17.7 Å². The van der Waals surface area contributed by atoms with Crippen LogP contribution in [-0.2, 0) is 6.54 Å². The molecular formula is C9H6BrF4NO2. The Hall–Kier alpha value is -1.02. The minimum atomic E-state index is -4.71. The predicted molar refractivity (Wildman–Crippen MR) is 53.2 cm³/mol. The fraction of sp³-hybridized carbons (Fsp3) is 0.333. The molecule has 0 fully saturated rings. The number of hydrogen-bond donors (Lipinski definition) is 1. The van der Waals surface area contributed by atoms with Crippen molar-refractivity contribution in [2.45, 2.75) is 18.8 Å². The van der Waals surface area contributed by atoms with E-state index >= 15 is 0 Å². The maximum absolute atomic E-state index is 12.9. The molecule has 0 aromatic heterocycles. The van der Waals surface area contributed by atoms with Gasteiger partial charge in [0.05, 0.1) is 0 Å². The summed E-state index contributed by atoms with van der Waals surface area (Å²) in [6.07, 6.45) is -9.41. The molecule has 0 aliphatic carbocycles. The second-order valence-corrected chi connectivity index (χ2v) is 4.19. The maximum Gasteiger partial charge on any atom is 0.507 e. The fourth-order valence-corrected chi connectivity index (χ4v) is 1.77. The van der Waals surface area contributed by atoms with Gasteiger partial charge in [-0.15, -0.1) is 0 Å². The van der Waals surface area contributed by atoms with Crippen LogP contribution in [0.2, 0.25) is 0 Å². The minimum absolute atomic E-state index is 0.0409. The molecule has 2 N–H and O–H groups in total. The molecule has 3 nitrogen and oxygen atoms in total. The zero-order valence-corrected chi connectivity index (χ0v) is 9.73. The molecule has 2 rings (SSSR count). The van der Waals surface area contributed by atoms with Gasteiger partial charge in [0.1, 0.15) is 0 Å². The zero-order chi connectivity index (χ0) is 12.8. The quantitative estimate of drug-likeness (QED) is 0.810. The van der Waals surface area contributed by atoms with Crippen molar-refractivity contribution in [1.82, 2.24) is 0 Å². The van der Waals surface area contributed by atoms with Crippen LogP contribution in [0.15, 0.2) is 16.6 Å². The second kappa shape index (κ2) is 3.74. The van der Waals surface area contributed by atoms with E-state index in [1.807, 2.05) is 0 Å². The first-order chi connectivity index (χ1) is 7.77. The molecule has 1 aromatic rings. The smallest absolute Gasteiger partial charge is 0.421 e. The van der Waals surface area contributed by atoms with Crippen LogP contribution in [0.5, 0.6) is 11.5 Å². The lowest BCUT2D eigenvalue weighted by atomic mass is 10.2. The van der Waals surface area contributed by atoms with Crippen molar-refractivity contribution in [1.29, 1.82) is 0 Å². The summed E-state index contributed by atoms with van der Waals surface area (Å²) in [5, 5.41) is 0. The Morgan fingerprint density at radius 1 is 1.06 bits per heavy atom. The Balaban J connectivity index is 2.50. The highest BCUT2D eigenvalue weighted by Gasteiger charge is 2.65. The molecule has 17 heavy (non-hydrogen) atoms. The maximum atomic E-state index is 12.9. The van der Waals surface area contributed by atoms with E-state index in [-0.39, 0.29) is 6.54 Å². The van der Waals surface area contributed by atoms with Crippen molar-refractivity contribution >= 4 is 15.9 Å². The Kier molecular flexibility index (Phi) is 2.74. The van der Waals surface area contributed by atoms with Crippen molar-refractivity contribution in [2.75, 3.05) is 0 Å². The predicted octanol–water partition coefficient (Wildman–Crippen LogP) is 2.86. The number of nitrogens with two attached hydrogens (primary N) is 1. The molecule has 0 saturated heterocycles. The summed E-state index contributed by atoms with van der Waals surface area (Å²) in [5.41, 5.74) is 5.78. The first-order valence-corrected chi connectivity index (χ1v) is 5.22. The number of ether oxygens (including phenoxy) is 2. The second-order valence-electron chi connectivity index (χ2n) is 3.33. The molecule has 0 amide bonds. The summed E-state index contributed by atoms with van der Waals surface area (Å²) >= 11 is 3.05. The van der Waals surface area contributed by atoms with E-state index in [0.29, 0.717) is 10.0 Å². The first kappa shape index (κ1) is 12.4. The van der Waals surface area contributed by atoms with E-state index < -0.39 is 23.7 Å². The van der Waals surface area contributed by atoms with Crippen molar-refractivity contribution in [2.24, 2.45) is 5.73 Å². The van der Waals surface area contributed by atoms with Crippen molar-refractivity contribution in [3.05, 3.63) is 22.2 Å². The Morgan fingerprint density at radius 3 is 2.00 bits per heavy atom. The third-order valence-corrected chi connectivity index (χ3v) is 2.89. The SMILES string of the molecule is NCc1cc2c(cc1Br)OC(F)(F)C(F)(F)O2. The van der Waals surface area contributed by atoms with Crippen molar-refractivity contribution in [3.63, 3.8) is 0 Å². The Labute approximate surface area is 102 Å². The average molecular weight is 316 g/mol. The van der Waals surface area contributed by atoms with Gasteiger partial charge in [0.15, 0.2) is 11.5 Å². The summed E-state index contributed by atoms with van der Waals surface area (Å²) in [6.45, 7) is 0.0409. The highest BCUT2D eigenvalue weighted by Crippen LogP contribution is 2.48. The third-order valence-electron chi connectivity index (χ3n) is 2.15. The van der Waals surface area contributed by atoms with E-state index in [1.165, 1.54) is 0 Å². The van der Waals surface area contributed by atoms with Crippen molar-refractivity contribution < 1.29 is 27.0 Å². The Bertz CT molecular complexity index is 467. The lowest BCUT2D eigenvalue weighted by molar-refractivity contribution is -0.391. The summed E-state index contributed by atoms with van der Waals surface area (Å²) in [5.74, 6) is -0.936. The monoisotopic (exact) mass is 315 g/mol. The van der Waals surface area contributed by atoms with E-state index in [0.717, 1.165) is 12.1 Å². The van der Waals surface area contributed by atoms with Gasteiger partial charge in [-0.25, -0.2) is 0 Å². The largest absolute Gasteiger partial charge is 0.507 e. The molecule has 1 aliphatic rings. The third kappa shape index (κ3) is 1.95.